The molecule has 0 spiro atoms. The molecule has 0 amide bonds. The Morgan fingerprint density at radius 1 is 1.50 bits per heavy atom. The van der Waals surface area contributed by atoms with E-state index in [1.165, 1.54) is 12.1 Å². The fraction of sp³-hybridized carbons (Fsp3) is 0.455. The highest BCUT2D eigenvalue weighted by atomic mass is 19.1. The molecule has 0 radical (unpaired) electrons. The van der Waals surface area contributed by atoms with E-state index in [0.717, 1.165) is 24.8 Å². The lowest BCUT2D eigenvalue weighted by molar-refractivity contribution is 0.218. The fourth-order valence-corrected chi connectivity index (χ4v) is 1.78. The van der Waals surface area contributed by atoms with E-state index in [-0.39, 0.29) is 11.9 Å². The van der Waals surface area contributed by atoms with Gasteiger partial charge in [-0.25, -0.2) is 4.39 Å². The summed E-state index contributed by atoms with van der Waals surface area (Å²) in [6, 6.07) is 4.73. The zero-order valence-electron chi connectivity index (χ0n) is 8.00. The largest absolute Gasteiger partial charge is 0.490 e. The molecule has 3 heteroatoms. The maximum atomic E-state index is 12.8. The summed E-state index contributed by atoms with van der Waals surface area (Å²) in [7, 11) is 0. The van der Waals surface area contributed by atoms with Gasteiger partial charge in [0.2, 0.25) is 0 Å². The normalized spacial score (nSPS) is 19.1. The third-order valence-electron chi connectivity index (χ3n) is 2.50. The molecule has 1 unspecified atom stereocenters. The van der Waals surface area contributed by atoms with E-state index in [4.69, 9.17) is 10.5 Å². The van der Waals surface area contributed by atoms with Crippen LogP contribution in [0.2, 0.25) is 0 Å². The smallest absolute Gasteiger partial charge is 0.126 e. The third kappa shape index (κ3) is 1.87. The topological polar surface area (TPSA) is 35.2 Å². The second kappa shape index (κ2) is 3.96. The lowest BCUT2D eigenvalue weighted by atomic mass is 10.1. The fourth-order valence-electron chi connectivity index (χ4n) is 1.78. The monoisotopic (exact) mass is 195 g/mol. The van der Waals surface area contributed by atoms with Crippen molar-refractivity contribution in [1.29, 1.82) is 0 Å². The van der Waals surface area contributed by atoms with Gasteiger partial charge in [-0.2, -0.15) is 0 Å². The first-order valence-electron chi connectivity index (χ1n) is 4.95. The standard InChI is InChI=1S/C11H14FNO/c12-9-4-3-8-6-10(2-1-5-13)14-11(8)7-9/h3-4,7,10H,1-2,5-6,13H2. The summed E-state index contributed by atoms with van der Waals surface area (Å²) in [6.45, 7) is 0.685. The molecular weight excluding hydrogens is 181 g/mol. The van der Waals surface area contributed by atoms with E-state index in [0.29, 0.717) is 12.3 Å². The number of hydrogen-bond acceptors (Lipinski definition) is 2. The van der Waals surface area contributed by atoms with Crippen LogP contribution in [0.5, 0.6) is 5.75 Å². The molecule has 14 heavy (non-hydrogen) atoms. The summed E-state index contributed by atoms with van der Waals surface area (Å²) in [5, 5.41) is 0. The van der Waals surface area contributed by atoms with Gasteiger partial charge in [0.05, 0.1) is 0 Å². The number of fused-ring (bicyclic) bond motifs is 1. The second-order valence-electron chi connectivity index (χ2n) is 3.63. The number of hydrogen-bond donors (Lipinski definition) is 1. The molecule has 1 aliphatic rings. The Hall–Kier alpha value is -1.09. The van der Waals surface area contributed by atoms with Crippen LogP contribution >= 0.6 is 0 Å². The van der Waals surface area contributed by atoms with E-state index in [2.05, 4.69) is 0 Å². The summed E-state index contributed by atoms with van der Waals surface area (Å²) < 4.78 is 18.4. The Labute approximate surface area is 82.9 Å². The Morgan fingerprint density at radius 2 is 2.36 bits per heavy atom. The maximum absolute atomic E-state index is 12.8. The van der Waals surface area contributed by atoms with Crippen molar-refractivity contribution in [3.05, 3.63) is 29.6 Å². The van der Waals surface area contributed by atoms with E-state index < -0.39 is 0 Å². The van der Waals surface area contributed by atoms with Crippen LogP contribution in [0.1, 0.15) is 18.4 Å². The minimum Gasteiger partial charge on any atom is -0.490 e. The number of nitrogens with two attached hydrogens (primary N) is 1. The van der Waals surface area contributed by atoms with Gasteiger partial charge < -0.3 is 10.5 Å². The van der Waals surface area contributed by atoms with Gasteiger partial charge in [0.25, 0.3) is 0 Å². The summed E-state index contributed by atoms with van der Waals surface area (Å²) in [5.74, 6) is 0.468. The predicted octanol–water partition coefficient (Wildman–Crippen LogP) is 1.87. The Bertz CT molecular complexity index is 327. The number of halogens is 1. The van der Waals surface area contributed by atoms with Crippen molar-refractivity contribution in [1.82, 2.24) is 0 Å². The van der Waals surface area contributed by atoms with E-state index in [1.807, 2.05) is 0 Å². The van der Waals surface area contributed by atoms with Crippen molar-refractivity contribution in [3.63, 3.8) is 0 Å². The first-order valence-corrected chi connectivity index (χ1v) is 4.95. The van der Waals surface area contributed by atoms with Crippen LogP contribution in [0.4, 0.5) is 4.39 Å². The summed E-state index contributed by atoms with van der Waals surface area (Å²) in [5.41, 5.74) is 6.53. The van der Waals surface area contributed by atoms with E-state index >= 15 is 0 Å². The number of ether oxygens (including phenoxy) is 1. The molecule has 0 bridgehead atoms. The quantitative estimate of drug-likeness (QED) is 0.799. The molecule has 0 aliphatic carbocycles. The van der Waals surface area contributed by atoms with Gasteiger partial charge in [-0.3, -0.25) is 0 Å². The minimum atomic E-state index is -0.233. The molecule has 0 aromatic heterocycles. The molecule has 1 heterocycles. The Kier molecular flexibility index (Phi) is 2.68. The highest BCUT2D eigenvalue weighted by molar-refractivity contribution is 5.37. The van der Waals surface area contributed by atoms with Gasteiger partial charge in [0, 0.05) is 12.5 Å². The van der Waals surface area contributed by atoms with Crippen molar-refractivity contribution in [2.75, 3.05) is 6.54 Å². The third-order valence-corrected chi connectivity index (χ3v) is 2.50. The van der Waals surface area contributed by atoms with Crippen LogP contribution in [0.25, 0.3) is 0 Å². The Morgan fingerprint density at radius 3 is 3.14 bits per heavy atom. The SMILES string of the molecule is NCCCC1Cc2ccc(F)cc2O1. The average molecular weight is 195 g/mol. The molecule has 2 nitrogen and oxygen atoms in total. The number of benzene rings is 1. The van der Waals surface area contributed by atoms with Crippen LogP contribution in [0.3, 0.4) is 0 Å². The molecule has 1 aromatic carbocycles. The van der Waals surface area contributed by atoms with Gasteiger partial charge in [-0.15, -0.1) is 0 Å². The van der Waals surface area contributed by atoms with Crippen LogP contribution in [0, 0.1) is 5.82 Å². The molecule has 0 fully saturated rings. The van der Waals surface area contributed by atoms with Gasteiger partial charge in [-0.1, -0.05) is 6.07 Å². The highest BCUT2D eigenvalue weighted by Crippen LogP contribution is 2.30. The van der Waals surface area contributed by atoms with Crippen molar-refractivity contribution < 1.29 is 9.13 Å². The van der Waals surface area contributed by atoms with Crippen molar-refractivity contribution in [3.8, 4) is 5.75 Å². The first-order chi connectivity index (χ1) is 6.79. The molecule has 2 rings (SSSR count). The van der Waals surface area contributed by atoms with Gasteiger partial charge in [0.15, 0.2) is 0 Å². The Balaban J connectivity index is 2.03. The van der Waals surface area contributed by atoms with E-state index in [1.54, 1.807) is 6.07 Å². The zero-order valence-corrected chi connectivity index (χ0v) is 8.00. The zero-order chi connectivity index (χ0) is 9.97. The molecule has 1 aliphatic heterocycles. The van der Waals surface area contributed by atoms with Gasteiger partial charge >= 0.3 is 0 Å². The molecule has 1 atom stereocenters. The number of rotatable bonds is 3. The summed E-state index contributed by atoms with van der Waals surface area (Å²) >= 11 is 0. The molecule has 2 N–H and O–H groups in total. The molecule has 0 saturated carbocycles. The highest BCUT2D eigenvalue weighted by Gasteiger charge is 2.22. The molecule has 0 saturated heterocycles. The van der Waals surface area contributed by atoms with Crippen LogP contribution in [-0.2, 0) is 6.42 Å². The summed E-state index contributed by atoms with van der Waals surface area (Å²) in [6.07, 6.45) is 2.99. The second-order valence-corrected chi connectivity index (χ2v) is 3.63. The van der Waals surface area contributed by atoms with E-state index in [9.17, 15) is 4.39 Å². The lowest BCUT2D eigenvalue weighted by Crippen LogP contribution is -2.14. The van der Waals surface area contributed by atoms with Crippen LogP contribution < -0.4 is 10.5 Å². The van der Waals surface area contributed by atoms with Gasteiger partial charge in [0.1, 0.15) is 17.7 Å². The predicted molar refractivity (Wildman–Crippen MR) is 52.8 cm³/mol. The molecule has 1 aromatic rings. The van der Waals surface area contributed by atoms with Crippen LogP contribution in [0.15, 0.2) is 18.2 Å². The minimum absolute atomic E-state index is 0.190. The summed E-state index contributed by atoms with van der Waals surface area (Å²) in [4.78, 5) is 0. The van der Waals surface area contributed by atoms with Gasteiger partial charge in [-0.05, 0) is 31.0 Å². The first kappa shape index (κ1) is 9.46. The van der Waals surface area contributed by atoms with Crippen molar-refractivity contribution in [2.45, 2.75) is 25.4 Å². The average Bonchev–Trinajstić information content (AvgIpc) is 2.56. The van der Waals surface area contributed by atoms with Crippen LogP contribution in [-0.4, -0.2) is 12.6 Å². The molecular formula is C11H14FNO. The van der Waals surface area contributed by atoms with Crippen molar-refractivity contribution in [2.24, 2.45) is 5.73 Å². The lowest BCUT2D eigenvalue weighted by Gasteiger charge is -2.08. The maximum Gasteiger partial charge on any atom is 0.126 e. The van der Waals surface area contributed by atoms with Crippen molar-refractivity contribution >= 4 is 0 Å². The molecule has 76 valence electrons.